The van der Waals surface area contributed by atoms with Crippen LogP contribution in [0.2, 0.25) is 0 Å². The molecular formula is C11H16N2O4. The van der Waals surface area contributed by atoms with Crippen molar-refractivity contribution in [2.24, 2.45) is 0 Å². The van der Waals surface area contributed by atoms with Gasteiger partial charge in [0.25, 0.3) is 5.91 Å². The van der Waals surface area contributed by atoms with E-state index >= 15 is 0 Å². The maximum Gasteiger partial charge on any atom is 0.354 e. The zero-order valence-corrected chi connectivity index (χ0v) is 10.2. The standard InChI is InChI=1S/C11H16N2O4/c1-6-5-7(8(12-6)9(14)15)13-10(16)11(2,3)17-4/h5,12H,1-4H3,(H,13,16)(H,14,15). The Bertz CT molecular complexity index is 448. The molecule has 0 atom stereocenters. The van der Waals surface area contributed by atoms with Crippen molar-refractivity contribution < 1.29 is 19.4 Å². The third-order valence-corrected chi connectivity index (χ3v) is 2.47. The number of carboxylic acids is 1. The van der Waals surface area contributed by atoms with Gasteiger partial charge in [-0.3, -0.25) is 4.79 Å². The second-order valence-electron chi connectivity index (χ2n) is 4.21. The van der Waals surface area contributed by atoms with E-state index in [1.165, 1.54) is 7.11 Å². The zero-order valence-electron chi connectivity index (χ0n) is 10.2. The number of anilines is 1. The molecule has 1 aromatic heterocycles. The van der Waals surface area contributed by atoms with E-state index in [0.717, 1.165) is 0 Å². The Balaban J connectivity index is 2.96. The monoisotopic (exact) mass is 240 g/mol. The van der Waals surface area contributed by atoms with E-state index in [1.807, 2.05) is 0 Å². The first-order valence-corrected chi connectivity index (χ1v) is 5.07. The average Bonchev–Trinajstić information content (AvgIpc) is 2.59. The Morgan fingerprint density at radius 3 is 2.53 bits per heavy atom. The van der Waals surface area contributed by atoms with Crippen molar-refractivity contribution in [3.63, 3.8) is 0 Å². The predicted octanol–water partition coefficient (Wildman–Crippen LogP) is 1.38. The minimum Gasteiger partial charge on any atom is -0.477 e. The van der Waals surface area contributed by atoms with Gasteiger partial charge in [0.15, 0.2) is 0 Å². The predicted molar refractivity (Wildman–Crippen MR) is 62.2 cm³/mol. The highest BCUT2D eigenvalue weighted by atomic mass is 16.5. The van der Waals surface area contributed by atoms with E-state index in [4.69, 9.17) is 9.84 Å². The number of rotatable bonds is 4. The highest BCUT2D eigenvalue weighted by molar-refractivity contribution is 6.02. The Morgan fingerprint density at radius 1 is 1.47 bits per heavy atom. The van der Waals surface area contributed by atoms with Crippen molar-refractivity contribution in [1.82, 2.24) is 4.98 Å². The Morgan fingerprint density at radius 2 is 2.06 bits per heavy atom. The largest absolute Gasteiger partial charge is 0.477 e. The van der Waals surface area contributed by atoms with Gasteiger partial charge >= 0.3 is 5.97 Å². The molecule has 0 unspecified atom stereocenters. The molecular weight excluding hydrogens is 224 g/mol. The van der Waals surface area contributed by atoms with Crippen molar-refractivity contribution in [3.05, 3.63) is 17.5 Å². The van der Waals surface area contributed by atoms with Gasteiger partial charge in [0.2, 0.25) is 0 Å². The molecule has 94 valence electrons. The summed E-state index contributed by atoms with van der Waals surface area (Å²) < 4.78 is 5.01. The van der Waals surface area contributed by atoms with E-state index in [2.05, 4.69) is 10.3 Å². The van der Waals surface area contributed by atoms with Gasteiger partial charge in [0.05, 0.1) is 5.69 Å². The number of aromatic carboxylic acids is 1. The van der Waals surface area contributed by atoms with Gasteiger partial charge in [-0.25, -0.2) is 4.79 Å². The third kappa shape index (κ3) is 2.85. The van der Waals surface area contributed by atoms with Crippen molar-refractivity contribution in [2.75, 3.05) is 12.4 Å². The van der Waals surface area contributed by atoms with Crippen LogP contribution in [-0.2, 0) is 9.53 Å². The molecule has 0 spiro atoms. The Labute approximate surface area is 99.0 Å². The number of H-pyrrole nitrogens is 1. The highest BCUT2D eigenvalue weighted by Crippen LogP contribution is 2.19. The molecule has 1 aromatic rings. The van der Waals surface area contributed by atoms with Crippen LogP contribution in [0.3, 0.4) is 0 Å². The summed E-state index contributed by atoms with van der Waals surface area (Å²) in [4.78, 5) is 25.4. The number of carbonyl (C=O) groups excluding carboxylic acids is 1. The third-order valence-electron chi connectivity index (χ3n) is 2.47. The van der Waals surface area contributed by atoms with Crippen LogP contribution in [0.25, 0.3) is 0 Å². The van der Waals surface area contributed by atoms with Crippen LogP contribution < -0.4 is 5.32 Å². The number of aromatic nitrogens is 1. The second-order valence-corrected chi connectivity index (χ2v) is 4.21. The number of carbonyl (C=O) groups is 2. The van der Waals surface area contributed by atoms with Crippen LogP contribution in [0.5, 0.6) is 0 Å². The lowest BCUT2D eigenvalue weighted by atomic mass is 10.1. The number of hydrogen-bond donors (Lipinski definition) is 3. The van der Waals surface area contributed by atoms with Gasteiger partial charge in [-0.15, -0.1) is 0 Å². The Kier molecular flexibility index (Phi) is 3.57. The molecule has 0 aliphatic heterocycles. The van der Waals surface area contributed by atoms with Crippen molar-refractivity contribution in [1.29, 1.82) is 0 Å². The fourth-order valence-electron chi connectivity index (χ4n) is 1.22. The molecule has 0 saturated carbocycles. The number of aromatic amines is 1. The number of carboxylic acid groups (broad SMARTS) is 1. The molecule has 0 radical (unpaired) electrons. The fraction of sp³-hybridized carbons (Fsp3) is 0.455. The summed E-state index contributed by atoms with van der Waals surface area (Å²) in [5, 5.41) is 11.5. The highest BCUT2D eigenvalue weighted by Gasteiger charge is 2.28. The normalized spacial score (nSPS) is 11.3. The van der Waals surface area contributed by atoms with Gasteiger partial charge in [-0.1, -0.05) is 0 Å². The average molecular weight is 240 g/mol. The first-order chi connectivity index (χ1) is 7.77. The van der Waals surface area contributed by atoms with Gasteiger partial charge < -0.3 is 20.1 Å². The van der Waals surface area contributed by atoms with Gasteiger partial charge in [-0.2, -0.15) is 0 Å². The summed E-state index contributed by atoms with van der Waals surface area (Å²) >= 11 is 0. The lowest BCUT2D eigenvalue weighted by Gasteiger charge is -2.21. The van der Waals surface area contributed by atoms with Crippen LogP contribution in [0.15, 0.2) is 6.07 Å². The molecule has 0 aromatic carbocycles. The molecule has 0 aliphatic rings. The van der Waals surface area contributed by atoms with Crippen LogP contribution in [0, 0.1) is 6.92 Å². The summed E-state index contributed by atoms with van der Waals surface area (Å²) in [6.45, 7) is 4.91. The maximum absolute atomic E-state index is 11.8. The molecule has 17 heavy (non-hydrogen) atoms. The minimum atomic E-state index is -1.12. The second kappa shape index (κ2) is 4.58. The first kappa shape index (κ1) is 13.2. The van der Waals surface area contributed by atoms with Gasteiger partial charge in [0.1, 0.15) is 11.3 Å². The first-order valence-electron chi connectivity index (χ1n) is 5.07. The summed E-state index contributed by atoms with van der Waals surface area (Å²) in [5.41, 5.74) is -0.151. The molecule has 0 saturated heterocycles. The van der Waals surface area contributed by atoms with E-state index in [0.29, 0.717) is 5.69 Å². The Hall–Kier alpha value is -1.82. The number of amides is 1. The zero-order chi connectivity index (χ0) is 13.2. The van der Waals surface area contributed by atoms with E-state index in [9.17, 15) is 9.59 Å². The number of ether oxygens (including phenoxy) is 1. The van der Waals surface area contributed by atoms with Crippen LogP contribution in [0.1, 0.15) is 30.0 Å². The summed E-state index contributed by atoms with van der Waals surface area (Å²) in [6.07, 6.45) is 0. The number of hydrogen-bond acceptors (Lipinski definition) is 3. The summed E-state index contributed by atoms with van der Waals surface area (Å²) in [6, 6.07) is 1.56. The SMILES string of the molecule is COC(C)(C)C(=O)Nc1cc(C)[nH]c1C(=O)O. The molecule has 1 heterocycles. The van der Waals surface area contributed by atoms with Gasteiger partial charge in [-0.05, 0) is 26.8 Å². The fourth-order valence-corrected chi connectivity index (χ4v) is 1.22. The van der Waals surface area contributed by atoms with Crippen molar-refractivity contribution >= 4 is 17.6 Å². The molecule has 6 nitrogen and oxygen atoms in total. The topological polar surface area (TPSA) is 91.4 Å². The van der Waals surface area contributed by atoms with E-state index < -0.39 is 17.5 Å². The van der Waals surface area contributed by atoms with Crippen molar-refractivity contribution in [2.45, 2.75) is 26.4 Å². The molecule has 0 aliphatic carbocycles. The molecule has 6 heteroatoms. The lowest BCUT2D eigenvalue weighted by Crippen LogP contribution is -2.39. The quantitative estimate of drug-likeness (QED) is 0.741. The van der Waals surface area contributed by atoms with E-state index in [-0.39, 0.29) is 11.4 Å². The van der Waals surface area contributed by atoms with Crippen molar-refractivity contribution in [3.8, 4) is 0 Å². The molecule has 0 fully saturated rings. The molecule has 1 rings (SSSR count). The molecule has 1 amide bonds. The van der Waals surface area contributed by atoms with Crippen LogP contribution in [-0.4, -0.2) is 34.7 Å². The molecule has 3 N–H and O–H groups in total. The summed E-state index contributed by atoms with van der Waals surface area (Å²) in [7, 11) is 1.42. The summed E-state index contributed by atoms with van der Waals surface area (Å²) in [5.74, 6) is -1.52. The lowest BCUT2D eigenvalue weighted by molar-refractivity contribution is -0.133. The molecule has 0 bridgehead atoms. The number of methoxy groups -OCH3 is 1. The minimum absolute atomic E-state index is 0.0391. The maximum atomic E-state index is 11.8. The smallest absolute Gasteiger partial charge is 0.354 e. The van der Waals surface area contributed by atoms with Crippen LogP contribution >= 0.6 is 0 Å². The number of nitrogens with one attached hydrogen (secondary N) is 2. The van der Waals surface area contributed by atoms with E-state index in [1.54, 1.807) is 26.8 Å². The van der Waals surface area contributed by atoms with Gasteiger partial charge in [0, 0.05) is 12.8 Å². The van der Waals surface area contributed by atoms with Crippen LogP contribution in [0.4, 0.5) is 5.69 Å². The number of aryl methyl sites for hydroxylation is 1.